The predicted molar refractivity (Wildman–Crippen MR) is 115 cm³/mol. The molecular formula is C23H23N5O3. The van der Waals surface area contributed by atoms with Crippen LogP contribution in [0.5, 0.6) is 0 Å². The van der Waals surface area contributed by atoms with Gasteiger partial charge in [0.05, 0.1) is 22.8 Å². The van der Waals surface area contributed by atoms with Gasteiger partial charge in [0.25, 0.3) is 5.91 Å². The molecule has 158 valence electrons. The van der Waals surface area contributed by atoms with Crippen molar-refractivity contribution >= 4 is 28.7 Å². The summed E-state index contributed by atoms with van der Waals surface area (Å²) in [5.74, 6) is -0.751. The number of hydrogen-bond donors (Lipinski definition) is 1. The Bertz CT molecular complexity index is 1200. The normalized spacial score (nSPS) is 13.8. The van der Waals surface area contributed by atoms with Gasteiger partial charge in [0, 0.05) is 11.7 Å². The molecule has 1 amide bonds. The Kier molecular flexibility index (Phi) is 5.67. The van der Waals surface area contributed by atoms with Gasteiger partial charge in [-0.15, -0.1) is 0 Å². The lowest BCUT2D eigenvalue weighted by atomic mass is 10.2. The Morgan fingerprint density at radius 1 is 1.23 bits per heavy atom. The highest BCUT2D eigenvalue weighted by atomic mass is 16.5. The number of hydrogen-bond acceptors (Lipinski definition) is 6. The van der Waals surface area contributed by atoms with Crippen LogP contribution < -0.4 is 5.32 Å². The van der Waals surface area contributed by atoms with E-state index in [1.165, 1.54) is 6.20 Å². The molecule has 0 aliphatic heterocycles. The molecule has 1 N–H and O–H groups in total. The van der Waals surface area contributed by atoms with E-state index >= 15 is 0 Å². The summed E-state index contributed by atoms with van der Waals surface area (Å²) in [5, 5.41) is 12.4. The van der Waals surface area contributed by atoms with Gasteiger partial charge >= 0.3 is 5.97 Å². The van der Waals surface area contributed by atoms with Gasteiger partial charge in [0.15, 0.2) is 12.3 Å². The third-order valence-electron chi connectivity index (χ3n) is 5.81. The van der Waals surface area contributed by atoms with Crippen molar-refractivity contribution in [3.8, 4) is 6.07 Å². The largest absolute Gasteiger partial charge is 0.451 e. The van der Waals surface area contributed by atoms with E-state index in [9.17, 15) is 14.9 Å². The first kappa shape index (κ1) is 20.5. The topological polar surface area (TPSA) is 110 Å². The molecule has 8 nitrogen and oxygen atoms in total. The Morgan fingerprint density at radius 2 is 1.94 bits per heavy atom. The van der Waals surface area contributed by atoms with Crippen molar-refractivity contribution in [3.63, 3.8) is 0 Å². The van der Waals surface area contributed by atoms with Crippen LogP contribution in [0.15, 0.2) is 30.5 Å². The quantitative estimate of drug-likeness (QED) is 0.632. The third kappa shape index (κ3) is 3.99. The van der Waals surface area contributed by atoms with Crippen LogP contribution in [-0.4, -0.2) is 33.0 Å². The first-order valence-corrected chi connectivity index (χ1v) is 10.3. The van der Waals surface area contributed by atoms with Crippen molar-refractivity contribution in [2.45, 2.75) is 45.6 Å². The zero-order chi connectivity index (χ0) is 22.0. The molecular weight excluding hydrogens is 394 g/mol. The fourth-order valence-electron chi connectivity index (χ4n) is 4.13. The molecule has 31 heavy (non-hydrogen) atoms. The van der Waals surface area contributed by atoms with Crippen LogP contribution in [0.1, 0.15) is 59.0 Å². The molecule has 0 atom stereocenters. The molecule has 0 bridgehead atoms. The van der Waals surface area contributed by atoms with E-state index in [0.717, 1.165) is 36.9 Å². The minimum absolute atomic E-state index is 0.0326. The molecule has 0 radical (unpaired) electrons. The number of rotatable bonds is 5. The number of benzene rings is 1. The van der Waals surface area contributed by atoms with Crippen LogP contribution in [0.4, 0.5) is 5.82 Å². The predicted octanol–water partition coefficient (Wildman–Crippen LogP) is 3.83. The Morgan fingerprint density at radius 3 is 2.65 bits per heavy atom. The highest BCUT2D eigenvalue weighted by Gasteiger charge is 2.27. The maximum absolute atomic E-state index is 12.6. The van der Waals surface area contributed by atoms with Crippen LogP contribution in [0, 0.1) is 25.2 Å². The van der Waals surface area contributed by atoms with Gasteiger partial charge in [0.1, 0.15) is 11.9 Å². The second-order valence-electron chi connectivity index (χ2n) is 7.72. The number of anilines is 1. The molecule has 8 heteroatoms. The zero-order valence-electron chi connectivity index (χ0n) is 17.5. The summed E-state index contributed by atoms with van der Waals surface area (Å²) in [4.78, 5) is 33.3. The number of nitrogens with zero attached hydrogens (tertiary/aromatic N) is 4. The second kappa shape index (κ2) is 8.56. The standard InChI is InChI=1S/C23H23N5O3/c1-14-15(2)28(16-7-3-4-8-16)22(17(14)11-24)27-21(29)13-31-23(30)20-12-25-18-9-5-6-10-19(18)26-20/h5-6,9-10,12,16H,3-4,7-8,13H2,1-2H3,(H,27,29). The van der Waals surface area contributed by atoms with Gasteiger partial charge in [0.2, 0.25) is 0 Å². The molecule has 1 aliphatic rings. The lowest BCUT2D eigenvalue weighted by Gasteiger charge is -2.19. The number of esters is 1. The maximum atomic E-state index is 12.6. The summed E-state index contributed by atoms with van der Waals surface area (Å²) in [6.45, 7) is 3.36. The summed E-state index contributed by atoms with van der Waals surface area (Å²) in [5.41, 5.74) is 3.55. The van der Waals surface area contributed by atoms with E-state index < -0.39 is 18.5 Å². The summed E-state index contributed by atoms with van der Waals surface area (Å²) in [6, 6.07) is 9.63. The Balaban J connectivity index is 1.48. The van der Waals surface area contributed by atoms with E-state index in [0.29, 0.717) is 22.4 Å². The van der Waals surface area contributed by atoms with E-state index in [1.54, 1.807) is 18.2 Å². The molecule has 4 rings (SSSR count). The first-order valence-electron chi connectivity index (χ1n) is 10.3. The highest BCUT2D eigenvalue weighted by Crippen LogP contribution is 2.37. The maximum Gasteiger partial charge on any atom is 0.359 e. The van der Waals surface area contributed by atoms with Gasteiger partial charge in [-0.05, 0) is 44.4 Å². The monoisotopic (exact) mass is 417 g/mol. The van der Waals surface area contributed by atoms with Gasteiger partial charge in [-0.3, -0.25) is 9.78 Å². The van der Waals surface area contributed by atoms with Crippen molar-refractivity contribution in [3.05, 3.63) is 53.0 Å². The molecule has 2 aromatic heterocycles. The SMILES string of the molecule is Cc1c(C#N)c(NC(=O)COC(=O)c2cnc3ccccc3n2)n(C2CCCC2)c1C. The lowest BCUT2D eigenvalue weighted by Crippen LogP contribution is -2.24. The molecule has 1 fully saturated rings. The van der Waals surface area contributed by atoms with Crippen LogP contribution in [0.2, 0.25) is 0 Å². The van der Waals surface area contributed by atoms with Gasteiger partial charge in [-0.1, -0.05) is 25.0 Å². The third-order valence-corrected chi connectivity index (χ3v) is 5.81. The van der Waals surface area contributed by atoms with Gasteiger partial charge < -0.3 is 14.6 Å². The minimum Gasteiger partial charge on any atom is -0.451 e. The number of nitrogens with one attached hydrogen (secondary N) is 1. The number of carbonyl (C=O) groups excluding carboxylic acids is 2. The second-order valence-corrected chi connectivity index (χ2v) is 7.72. The van der Waals surface area contributed by atoms with E-state index in [4.69, 9.17) is 4.74 Å². The minimum atomic E-state index is -0.729. The molecule has 0 saturated heterocycles. The number of ether oxygens (including phenoxy) is 1. The first-order chi connectivity index (χ1) is 15.0. The number of fused-ring (bicyclic) bond motifs is 1. The Labute approximate surface area is 179 Å². The van der Waals surface area contributed by atoms with Crippen LogP contribution in [-0.2, 0) is 9.53 Å². The molecule has 0 spiro atoms. The average Bonchev–Trinajstić information content (AvgIpc) is 3.38. The van der Waals surface area contributed by atoms with Gasteiger partial charge in [-0.2, -0.15) is 5.26 Å². The Hall–Kier alpha value is -3.73. The molecule has 0 unspecified atom stereocenters. The molecule has 1 saturated carbocycles. The van der Waals surface area contributed by atoms with E-state index in [1.807, 2.05) is 19.9 Å². The molecule has 2 heterocycles. The fraction of sp³-hybridized carbons (Fsp3) is 0.348. The summed E-state index contributed by atoms with van der Waals surface area (Å²) >= 11 is 0. The summed E-state index contributed by atoms with van der Waals surface area (Å²) in [6.07, 6.45) is 5.60. The van der Waals surface area contributed by atoms with Crippen molar-refractivity contribution in [1.82, 2.24) is 14.5 Å². The van der Waals surface area contributed by atoms with Crippen LogP contribution >= 0.6 is 0 Å². The number of nitriles is 1. The summed E-state index contributed by atoms with van der Waals surface area (Å²) in [7, 11) is 0. The van der Waals surface area contributed by atoms with Crippen LogP contribution in [0.3, 0.4) is 0 Å². The van der Waals surface area contributed by atoms with Crippen molar-refractivity contribution in [2.75, 3.05) is 11.9 Å². The number of amides is 1. The fourth-order valence-corrected chi connectivity index (χ4v) is 4.13. The molecule has 1 aliphatic carbocycles. The zero-order valence-corrected chi connectivity index (χ0v) is 17.5. The lowest BCUT2D eigenvalue weighted by molar-refractivity contribution is -0.119. The number of carbonyl (C=O) groups is 2. The van der Waals surface area contributed by atoms with Crippen molar-refractivity contribution < 1.29 is 14.3 Å². The van der Waals surface area contributed by atoms with Crippen LogP contribution in [0.25, 0.3) is 11.0 Å². The average molecular weight is 417 g/mol. The summed E-state index contributed by atoms with van der Waals surface area (Å²) < 4.78 is 7.19. The highest BCUT2D eigenvalue weighted by molar-refractivity contribution is 5.96. The molecule has 3 aromatic rings. The van der Waals surface area contributed by atoms with E-state index in [-0.39, 0.29) is 11.7 Å². The molecule has 1 aromatic carbocycles. The van der Waals surface area contributed by atoms with Gasteiger partial charge in [-0.25, -0.2) is 9.78 Å². The smallest absolute Gasteiger partial charge is 0.359 e. The van der Waals surface area contributed by atoms with Crippen molar-refractivity contribution in [1.29, 1.82) is 5.26 Å². The number of aromatic nitrogens is 3. The van der Waals surface area contributed by atoms with Crippen molar-refractivity contribution in [2.24, 2.45) is 0 Å². The van der Waals surface area contributed by atoms with E-state index in [2.05, 4.69) is 25.9 Å². The number of para-hydroxylation sites is 2.